The van der Waals surface area contributed by atoms with E-state index in [1.807, 2.05) is 6.92 Å². The Morgan fingerprint density at radius 1 is 0.778 bits per heavy atom. The summed E-state index contributed by atoms with van der Waals surface area (Å²) in [6, 6.07) is 27.2. The van der Waals surface area contributed by atoms with Crippen LogP contribution in [0, 0.1) is 6.92 Å². The fourth-order valence-electron chi connectivity index (χ4n) is 2.67. The predicted octanol–water partition coefficient (Wildman–Crippen LogP) is 4.70. The summed E-state index contributed by atoms with van der Waals surface area (Å²) in [6.45, 7) is 2.86. The molecule has 0 saturated heterocycles. The van der Waals surface area contributed by atoms with Crippen molar-refractivity contribution in [1.29, 1.82) is 0 Å². The molecule has 0 bridgehead atoms. The Morgan fingerprint density at radius 3 is 1.74 bits per heavy atom. The van der Waals surface area contributed by atoms with E-state index in [0.29, 0.717) is 0 Å². The van der Waals surface area contributed by atoms with Gasteiger partial charge in [-0.15, -0.1) is 0 Å². The zero-order chi connectivity index (χ0) is 19.9. The minimum absolute atomic E-state index is 0.0666. The lowest BCUT2D eigenvalue weighted by Gasteiger charge is -2.29. The zero-order valence-electron chi connectivity index (χ0n) is 15.9. The fourth-order valence-corrected chi connectivity index (χ4v) is 3.15. The summed E-state index contributed by atoms with van der Waals surface area (Å²) in [6.07, 6.45) is 0. The van der Waals surface area contributed by atoms with E-state index in [4.69, 9.17) is 4.55 Å². The molecule has 4 nitrogen and oxygen atoms in total. The van der Waals surface area contributed by atoms with E-state index in [2.05, 4.69) is 74.8 Å². The molecule has 0 fully saturated rings. The average molecular weight is 385 g/mol. The topological polar surface area (TPSA) is 54.4 Å². The van der Waals surface area contributed by atoms with Crippen molar-refractivity contribution in [3.8, 4) is 0 Å². The third kappa shape index (κ3) is 6.64. The van der Waals surface area contributed by atoms with E-state index in [9.17, 15) is 8.42 Å². The molecule has 0 spiro atoms. The van der Waals surface area contributed by atoms with Gasteiger partial charge < -0.3 is 0 Å². The quantitative estimate of drug-likeness (QED) is 0.524. The van der Waals surface area contributed by atoms with Crippen molar-refractivity contribution in [2.24, 2.45) is 0 Å². The van der Waals surface area contributed by atoms with Gasteiger partial charge in [0, 0.05) is 5.56 Å². The molecule has 5 heteroatoms. The van der Waals surface area contributed by atoms with Gasteiger partial charge in [-0.1, -0.05) is 66.2 Å². The molecule has 0 aliphatic carbocycles. The molecule has 0 aliphatic rings. The van der Waals surface area contributed by atoms with E-state index in [-0.39, 0.29) is 4.90 Å². The van der Waals surface area contributed by atoms with Crippen molar-refractivity contribution in [2.45, 2.75) is 18.4 Å². The number of para-hydroxylation sites is 1. The molecule has 0 aliphatic heterocycles. The minimum Gasteiger partial charge on any atom is -0.292 e. The van der Waals surface area contributed by atoms with E-state index < -0.39 is 10.1 Å². The molecule has 1 N–H and O–H groups in total. The van der Waals surface area contributed by atoms with E-state index in [1.54, 1.807) is 12.1 Å². The zero-order valence-corrected chi connectivity index (χ0v) is 16.7. The molecule has 0 unspecified atom stereocenters. The van der Waals surface area contributed by atoms with Gasteiger partial charge in [-0.2, -0.15) is 8.42 Å². The first-order valence-electron chi connectivity index (χ1n) is 8.65. The van der Waals surface area contributed by atoms with Crippen LogP contribution in [-0.4, -0.2) is 27.1 Å². The Labute approximate surface area is 162 Å². The lowest BCUT2D eigenvalue weighted by molar-refractivity contribution is 0.392. The van der Waals surface area contributed by atoms with Gasteiger partial charge in [0.05, 0.1) is 19.0 Å². The number of hydrogen-bond donors (Lipinski definition) is 1. The molecule has 142 valence electrons. The molecular weight excluding hydrogens is 358 g/mol. The van der Waals surface area contributed by atoms with Gasteiger partial charge in [-0.05, 0) is 31.2 Å². The van der Waals surface area contributed by atoms with E-state index in [1.165, 1.54) is 23.4 Å². The molecule has 0 amide bonds. The maximum Gasteiger partial charge on any atom is 0.294 e. The monoisotopic (exact) mass is 384 g/mol. The van der Waals surface area contributed by atoms with Gasteiger partial charge in [-0.25, -0.2) is 0 Å². The molecule has 3 aromatic carbocycles. The Kier molecular flexibility index (Phi) is 6.91. The van der Waals surface area contributed by atoms with Crippen LogP contribution in [0.4, 0.5) is 5.69 Å². The number of hydrogen-bond acceptors (Lipinski definition) is 2. The number of quaternary nitrogens is 1. The molecule has 0 radical (unpaired) electrons. The highest BCUT2D eigenvalue weighted by Crippen LogP contribution is 2.21. The van der Waals surface area contributed by atoms with Crippen molar-refractivity contribution >= 4 is 15.8 Å². The second-order valence-corrected chi connectivity index (χ2v) is 8.37. The van der Waals surface area contributed by atoms with Crippen molar-refractivity contribution in [2.75, 3.05) is 14.1 Å². The summed E-state index contributed by atoms with van der Waals surface area (Å²) in [7, 11) is 0.457. The second-order valence-electron chi connectivity index (χ2n) is 6.95. The van der Waals surface area contributed by atoms with Crippen LogP contribution in [0.3, 0.4) is 0 Å². The van der Waals surface area contributed by atoms with Crippen LogP contribution >= 0.6 is 0 Å². The smallest absolute Gasteiger partial charge is 0.292 e. The molecule has 0 heterocycles. The van der Waals surface area contributed by atoms with Crippen molar-refractivity contribution in [3.05, 3.63) is 96.1 Å². The van der Waals surface area contributed by atoms with Gasteiger partial charge in [0.2, 0.25) is 0 Å². The SMILES string of the molecule is C[N+](C)(Cc1ccccc1)c1ccccc1.Cc1ccc(S(=O)(=O)O)cc1. The normalized spacial score (nSPS) is 11.4. The summed E-state index contributed by atoms with van der Waals surface area (Å²) >= 11 is 0. The first kappa shape index (κ1) is 20.8. The van der Waals surface area contributed by atoms with Gasteiger partial charge in [0.1, 0.15) is 12.2 Å². The largest absolute Gasteiger partial charge is 0.294 e. The number of nitrogens with zero attached hydrogens (tertiary/aromatic N) is 1. The Bertz CT molecular complexity index is 936. The van der Waals surface area contributed by atoms with Gasteiger partial charge in [-0.3, -0.25) is 9.04 Å². The third-order valence-corrected chi connectivity index (χ3v) is 5.06. The van der Waals surface area contributed by atoms with Crippen molar-refractivity contribution in [1.82, 2.24) is 4.48 Å². The van der Waals surface area contributed by atoms with Gasteiger partial charge in [0.25, 0.3) is 10.1 Å². The summed E-state index contributed by atoms with van der Waals surface area (Å²) in [5.41, 5.74) is 3.67. The molecule has 3 aromatic rings. The van der Waals surface area contributed by atoms with Crippen molar-refractivity contribution in [3.63, 3.8) is 0 Å². The van der Waals surface area contributed by atoms with Crippen LogP contribution in [0.1, 0.15) is 11.1 Å². The molecule has 27 heavy (non-hydrogen) atoms. The summed E-state index contributed by atoms with van der Waals surface area (Å²) in [5, 5.41) is 0. The molecule has 0 atom stereocenters. The highest BCUT2D eigenvalue weighted by molar-refractivity contribution is 7.85. The van der Waals surface area contributed by atoms with Crippen LogP contribution in [-0.2, 0) is 16.7 Å². The lowest BCUT2D eigenvalue weighted by Crippen LogP contribution is -2.39. The molecule has 0 saturated carbocycles. The summed E-state index contributed by atoms with van der Waals surface area (Å²) < 4.78 is 30.4. The Balaban J connectivity index is 0.000000208. The van der Waals surface area contributed by atoms with Crippen LogP contribution in [0.5, 0.6) is 0 Å². The Morgan fingerprint density at radius 2 is 1.26 bits per heavy atom. The molecular formula is C22H26NO3S+. The summed E-state index contributed by atoms with van der Waals surface area (Å²) in [4.78, 5) is -0.0666. The molecule has 0 aromatic heterocycles. The van der Waals surface area contributed by atoms with Crippen LogP contribution < -0.4 is 4.48 Å². The predicted molar refractivity (Wildman–Crippen MR) is 111 cm³/mol. The average Bonchev–Trinajstić information content (AvgIpc) is 2.63. The Hall–Kier alpha value is -2.47. The van der Waals surface area contributed by atoms with Crippen molar-refractivity contribution < 1.29 is 13.0 Å². The minimum atomic E-state index is -4.02. The first-order chi connectivity index (χ1) is 12.7. The molecule has 3 rings (SSSR count). The number of aryl methyl sites for hydroxylation is 1. The van der Waals surface area contributed by atoms with Gasteiger partial charge in [0.15, 0.2) is 0 Å². The number of rotatable bonds is 4. The maximum absolute atomic E-state index is 10.5. The standard InChI is InChI=1S/C15H18N.C7H8O3S/c1-16(2,15-11-7-4-8-12-15)13-14-9-5-3-6-10-14;1-6-2-4-7(5-3-6)11(8,9)10/h3-12H,13H2,1-2H3;2-5H,1H3,(H,8,9,10)/q+1;. The second kappa shape index (κ2) is 8.95. The van der Waals surface area contributed by atoms with E-state index in [0.717, 1.165) is 16.6 Å². The van der Waals surface area contributed by atoms with Crippen LogP contribution in [0.2, 0.25) is 0 Å². The van der Waals surface area contributed by atoms with Crippen LogP contribution in [0.15, 0.2) is 89.8 Å². The van der Waals surface area contributed by atoms with Gasteiger partial charge >= 0.3 is 0 Å². The third-order valence-electron chi connectivity index (χ3n) is 4.19. The van der Waals surface area contributed by atoms with E-state index >= 15 is 0 Å². The summed E-state index contributed by atoms with van der Waals surface area (Å²) in [5.74, 6) is 0. The fraction of sp³-hybridized carbons (Fsp3) is 0.182. The highest BCUT2D eigenvalue weighted by Gasteiger charge is 2.18. The van der Waals surface area contributed by atoms with Crippen LogP contribution in [0.25, 0.3) is 0 Å². The lowest BCUT2D eigenvalue weighted by atomic mass is 10.2. The number of benzene rings is 3. The highest BCUT2D eigenvalue weighted by atomic mass is 32.2. The first-order valence-corrected chi connectivity index (χ1v) is 10.1. The maximum atomic E-state index is 10.5.